The predicted octanol–water partition coefficient (Wildman–Crippen LogP) is 4.03. The standard InChI is InChI=1S/C25H32N4O4/c1-32-22-12-8-10-20(16-22)18-26-28-24(30)14-6-4-3-5-7-15-25(31)29-27-19-21-11-9-13-23(17-21)33-2/h8-13,16-19H,3-7,14-15H2,1-2H3,(H,28,30)(H,29,31)/b26-18+,27-19+. The zero-order valence-corrected chi connectivity index (χ0v) is 19.3. The molecule has 8 nitrogen and oxygen atoms in total. The molecule has 0 aromatic heterocycles. The van der Waals surface area contributed by atoms with Crippen LogP contribution in [0.2, 0.25) is 0 Å². The third kappa shape index (κ3) is 11.0. The second-order valence-electron chi connectivity index (χ2n) is 7.41. The Morgan fingerprint density at radius 1 is 0.727 bits per heavy atom. The molecule has 2 aromatic rings. The van der Waals surface area contributed by atoms with Gasteiger partial charge in [-0.05, 0) is 48.2 Å². The topological polar surface area (TPSA) is 101 Å². The molecule has 0 heterocycles. The zero-order valence-electron chi connectivity index (χ0n) is 19.3. The van der Waals surface area contributed by atoms with E-state index in [1.807, 2.05) is 48.5 Å². The number of hydrogen-bond donors (Lipinski definition) is 2. The molecule has 0 bridgehead atoms. The van der Waals surface area contributed by atoms with Gasteiger partial charge in [0.15, 0.2) is 0 Å². The highest BCUT2D eigenvalue weighted by molar-refractivity contribution is 5.83. The normalized spacial score (nSPS) is 11.0. The van der Waals surface area contributed by atoms with Crippen molar-refractivity contribution >= 4 is 24.2 Å². The lowest BCUT2D eigenvalue weighted by molar-refractivity contribution is -0.121. The van der Waals surface area contributed by atoms with E-state index in [4.69, 9.17) is 9.47 Å². The van der Waals surface area contributed by atoms with Gasteiger partial charge in [-0.1, -0.05) is 43.5 Å². The van der Waals surface area contributed by atoms with Crippen LogP contribution in [0.15, 0.2) is 58.7 Å². The van der Waals surface area contributed by atoms with Crippen molar-refractivity contribution < 1.29 is 19.1 Å². The number of methoxy groups -OCH3 is 2. The summed E-state index contributed by atoms with van der Waals surface area (Å²) in [5, 5.41) is 7.95. The maximum Gasteiger partial charge on any atom is 0.240 e. The van der Waals surface area contributed by atoms with E-state index in [1.54, 1.807) is 26.6 Å². The van der Waals surface area contributed by atoms with Crippen LogP contribution in [-0.2, 0) is 9.59 Å². The van der Waals surface area contributed by atoms with Gasteiger partial charge in [-0.25, -0.2) is 10.9 Å². The van der Waals surface area contributed by atoms with E-state index in [0.717, 1.165) is 54.7 Å². The molecule has 2 rings (SSSR count). The monoisotopic (exact) mass is 452 g/mol. The molecule has 0 aliphatic rings. The number of benzene rings is 2. The molecule has 0 aliphatic carbocycles. The Morgan fingerprint density at radius 3 is 1.58 bits per heavy atom. The van der Waals surface area contributed by atoms with Crippen LogP contribution in [-0.4, -0.2) is 38.5 Å². The molecule has 0 radical (unpaired) electrons. The molecule has 0 saturated carbocycles. The second-order valence-corrected chi connectivity index (χ2v) is 7.41. The van der Waals surface area contributed by atoms with Gasteiger partial charge in [-0.2, -0.15) is 10.2 Å². The van der Waals surface area contributed by atoms with Gasteiger partial charge >= 0.3 is 0 Å². The molecular weight excluding hydrogens is 420 g/mol. The Hall–Kier alpha value is -3.68. The largest absolute Gasteiger partial charge is 0.497 e. The minimum Gasteiger partial charge on any atom is -0.497 e. The molecular formula is C25H32N4O4. The number of hydrazone groups is 2. The number of unbranched alkanes of at least 4 members (excludes halogenated alkanes) is 4. The molecule has 8 heteroatoms. The molecule has 0 spiro atoms. The molecule has 176 valence electrons. The van der Waals surface area contributed by atoms with E-state index in [0.29, 0.717) is 12.8 Å². The van der Waals surface area contributed by atoms with Crippen molar-refractivity contribution in [2.75, 3.05) is 14.2 Å². The lowest BCUT2D eigenvalue weighted by atomic mass is 10.1. The fourth-order valence-corrected chi connectivity index (χ4v) is 3.01. The second kappa shape index (κ2) is 15.2. The predicted molar refractivity (Wildman–Crippen MR) is 130 cm³/mol. The summed E-state index contributed by atoms with van der Waals surface area (Å²) in [6, 6.07) is 14.9. The summed E-state index contributed by atoms with van der Waals surface area (Å²) in [7, 11) is 3.21. The van der Waals surface area contributed by atoms with Crippen LogP contribution in [0.1, 0.15) is 56.1 Å². The van der Waals surface area contributed by atoms with Gasteiger partial charge in [0.2, 0.25) is 11.8 Å². The number of ether oxygens (including phenoxy) is 2. The third-order valence-electron chi connectivity index (χ3n) is 4.80. The first kappa shape index (κ1) is 25.6. The molecule has 33 heavy (non-hydrogen) atoms. The van der Waals surface area contributed by atoms with Crippen LogP contribution in [0, 0.1) is 0 Å². The fourth-order valence-electron chi connectivity index (χ4n) is 3.01. The van der Waals surface area contributed by atoms with E-state index in [2.05, 4.69) is 21.1 Å². The van der Waals surface area contributed by atoms with Crippen molar-refractivity contribution in [1.82, 2.24) is 10.9 Å². The minimum absolute atomic E-state index is 0.109. The average Bonchev–Trinajstić information content (AvgIpc) is 2.83. The van der Waals surface area contributed by atoms with Gasteiger partial charge in [0.05, 0.1) is 26.6 Å². The summed E-state index contributed by atoms with van der Waals surface area (Å²) in [6.07, 6.45) is 8.45. The number of carbonyl (C=O) groups is 2. The smallest absolute Gasteiger partial charge is 0.240 e. The number of hydrogen-bond acceptors (Lipinski definition) is 6. The Bertz CT molecular complexity index is 868. The van der Waals surface area contributed by atoms with E-state index in [9.17, 15) is 9.59 Å². The first-order valence-corrected chi connectivity index (χ1v) is 11.0. The van der Waals surface area contributed by atoms with Crippen molar-refractivity contribution in [3.63, 3.8) is 0 Å². The average molecular weight is 453 g/mol. The SMILES string of the molecule is COc1cccc(/C=N/NC(=O)CCCCCCCC(=O)N/N=C/c2cccc(OC)c2)c1. The summed E-state index contributed by atoms with van der Waals surface area (Å²) < 4.78 is 10.3. The molecule has 0 saturated heterocycles. The van der Waals surface area contributed by atoms with Gasteiger partial charge in [0.25, 0.3) is 0 Å². The van der Waals surface area contributed by atoms with Crippen molar-refractivity contribution in [3.05, 3.63) is 59.7 Å². The molecule has 0 unspecified atom stereocenters. The molecule has 0 fully saturated rings. The lowest BCUT2D eigenvalue weighted by Crippen LogP contribution is -2.17. The Balaban J connectivity index is 1.49. The number of nitrogens with zero attached hydrogens (tertiary/aromatic N) is 2. The van der Waals surface area contributed by atoms with Gasteiger partial charge in [0.1, 0.15) is 11.5 Å². The van der Waals surface area contributed by atoms with E-state index in [-0.39, 0.29) is 11.8 Å². The summed E-state index contributed by atoms with van der Waals surface area (Å²) in [6.45, 7) is 0. The van der Waals surface area contributed by atoms with E-state index >= 15 is 0 Å². The molecule has 2 aromatic carbocycles. The van der Waals surface area contributed by atoms with Gasteiger partial charge in [-0.15, -0.1) is 0 Å². The Kier molecular flexibility index (Phi) is 11.8. The van der Waals surface area contributed by atoms with E-state index in [1.165, 1.54) is 0 Å². The van der Waals surface area contributed by atoms with E-state index < -0.39 is 0 Å². The van der Waals surface area contributed by atoms with Crippen molar-refractivity contribution in [2.24, 2.45) is 10.2 Å². The molecule has 0 atom stereocenters. The van der Waals surface area contributed by atoms with Gasteiger partial charge in [0, 0.05) is 12.8 Å². The van der Waals surface area contributed by atoms with Crippen LogP contribution in [0.25, 0.3) is 0 Å². The molecule has 2 N–H and O–H groups in total. The maximum absolute atomic E-state index is 11.9. The Morgan fingerprint density at radius 2 is 1.15 bits per heavy atom. The third-order valence-corrected chi connectivity index (χ3v) is 4.80. The molecule has 2 amide bonds. The number of nitrogens with one attached hydrogen (secondary N) is 2. The van der Waals surface area contributed by atoms with Crippen LogP contribution in [0.4, 0.5) is 0 Å². The van der Waals surface area contributed by atoms with Crippen LogP contribution < -0.4 is 20.3 Å². The fraction of sp³-hybridized carbons (Fsp3) is 0.360. The van der Waals surface area contributed by atoms with Crippen LogP contribution >= 0.6 is 0 Å². The van der Waals surface area contributed by atoms with Crippen molar-refractivity contribution in [1.29, 1.82) is 0 Å². The quantitative estimate of drug-likeness (QED) is 0.257. The highest BCUT2D eigenvalue weighted by atomic mass is 16.5. The minimum atomic E-state index is -0.109. The summed E-state index contributed by atoms with van der Waals surface area (Å²) in [5.41, 5.74) is 6.78. The Labute approximate surface area is 195 Å². The number of carbonyl (C=O) groups excluding carboxylic acids is 2. The first-order chi connectivity index (χ1) is 16.1. The van der Waals surface area contributed by atoms with Crippen LogP contribution in [0.5, 0.6) is 11.5 Å². The van der Waals surface area contributed by atoms with Gasteiger partial charge < -0.3 is 9.47 Å². The van der Waals surface area contributed by atoms with Crippen molar-refractivity contribution in [3.8, 4) is 11.5 Å². The van der Waals surface area contributed by atoms with Crippen molar-refractivity contribution in [2.45, 2.75) is 44.9 Å². The lowest BCUT2D eigenvalue weighted by Gasteiger charge is -2.03. The van der Waals surface area contributed by atoms with Gasteiger partial charge in [-0.3, -0.25) is 9.59 Å². The summed E-state index contributed by atoms with van der Waals surface area (Å²) >= 11 is 0. The molecule has 0 aliphatic heterocycles. The highest BCUT2D eigenvalue weighted by Crippen LogP contribution is 2.12. The van der Waals surface area contributed by atoms with Crippen LogP contribution in [0.3, 0.4) is 0 Å². The number of amides is 2. The number of rotatable bonds is 14. The zero-order chi connectivity index (χ0) is 23.7. The summed E-state index contributed by atoms with van der Waals surface area (Å²) in [5.74, 6) is 1.26. The summed E-state index contributed by atoms with van der Waals surface area (Å²) in [4.78, 5) is 23.7. The maximum atomic E-state index is 11.9. The first-order valence-electron chi connectivity index (χ1n) is 11.0. The highest BCUT2D eigenvalue weighted by Gasteiger charge is 2.02.